The number of fused-ring (bicyclic) bond motifs is 1. The van der Waals surface area contributed by atoms with Gasteiger partial charge in [0.2, 0.25) is 11.9 Å². The van der Waals surface area contributed by atoms with Gasteiger partial charge in [-0.15, -0.1) is 0 Å². The maximum absolute atomic E-state index is 13.2. The van der Waals surface area contributed by atoms with Crippen LogP contribution in [0.3, 0.4) is 0 Å². The number of anilines is 1. The van der Waals surface area contributed by atoms with Crippen molar-refractivity contribution in [3.63, 3.8) is 0 Å². The van der Waals surface area contributed by atoms with E-state index in [4.69, 9.17) is 16.6 Å². The lowest BCUT2D eigenvalue weighted by Crippen LogP contribution is -2.44. The monoisotopic (exact) mass is 565 g/mol. The molecule has 0 radical (unpaired) electrons. The summed E-state index contributed by atoms with van der Waals surface area (Å²) in [5.41, 5.74) is 2.41. The zero-order chi connectivity index (χ0) is 29.2. The Balaban J connectivity index is 1.73. The van der Waals surface area contributed by atoms with Gasteiger partial charge in [-0.25, -0.2) is 9.78 Å². The van der Waals surface area contributed by atoms with Crippen LogP contribution in [0, 0.1) is 5.41 Å². The highest BCUT2D eigenvalue weighted by Gasteiger charge is 2.31. The zero-order valence-corrected chi connectivity index (χ0v) is 24.1. The number of rotatable bonds is 7. The molecule has 1 aliphatic heterocycles. The quantitative estimate of drug-likeness (QED) is 0.331. The van der Waals surface area contributed by atoms with E-state index in [1.54, 1.807) is 29.2 Å². The number of hydrogen-bond donors (Lipinski definition) is 2. The largest absolute Gasteiger partial charge is 0.465 e. The first-order chi connectivity index (χ1) is 18.9. The van der Waals surface area contributed by atoms with Crippen molar-refractivity contribution in [3.8, 4) is 0 Å². The number of amides is 3. The molecule has 1 aliphatic rings. The average Bonchev–Trinajstić information content (AvgIpc) is 3.27. The Morgan fingerprint density at radius 3 is 2.55 bits per heavy atom. The number of nitrogens with one attached hydrogen (secondary N) is 1. The van der Waals surface area contributed by atoms with Crippen molar-refractivity contribution >= 4 is 46.5 Å². The third-order valence-electron chi connectivity index (χ3n) is 7.65. The summed E-state index contributed by atoms with van der Waals surface area (Å²) in [6, 6.07) is 11.9. The van der Waals surface area contributed by atoms with Crippen LogP contribution in [0.15, 0.2) is 55.1 Å². The molecule has 1 saturated heterocycles. The topological polar surface area (TPSA) is 108 Å². The summed E-state index contributed by atoms with van der Waals surface area (Å²) in [4.78, 5) is 45.6. The van der Waals surface area contributed by atoms with Gasteiger partial charge in [0.25, 0.3) is 5.91 Å². The molecule has 2 heterocycles. The Bertz CT molecular complexity index is 1430. The Kier molecular flexibility index (Phi) is 8.54. The highest BCUT2D eigenvalue weighted by molar-refractivity contribution is 6.30. The molecular weight excluding hydrogens is 530 g/mol. The first-order valence-corrected chi connectivity index (χ1v) is 13.8. The van der Waals surface area contributed by atoms with Crippen LogP contribution >= 0.6 is 11.6 Å². The molecule has 4 rings (SSSR count). The fourth-order valence-electron chi connectivity index (χ4n) is 5.00. The van der Waals surface area contributed by atoms with Crippen molar-refractivity contribution in [2.45, 2.75) is 59.2 Å². The van der Waals surface area contributed by atoms with Crippen molar-refractivity contribution in [1.29, 1.82) is 0 Å². The predicted molar refractivity (Wildman–Crippen MR) is 157 cm³/mol. The summed E-state index contributed by atoms with van der Waals surface area (Å²) in [6.45, 7) is 12.9. The van der Waals surface area contributed by atoms with Crippen molar-refractivity contribution in [2.75, 3.05) is 18.4 Å². The molecule has 1 fully saturated rings. The highest BCUT2D eigenvalue weighted by atomic mass is 35.5. The van der Waals surface area contributed by atoms with Crippen molar-refractivity contribution in [2.24, 2.45) is 5.41 Å². The average molecular weight is 566 g/mol. The molecule has 2 N–H and O–H groups in total. The number of aromatic nitrogens is 2. The van der Waals surface area contributed by atoms with E-state index in [2.05, 4.69) is 11.9 Å². The minimum Gasteiger partial charge on any atom is -0.465 e. The van der Waals surface area contributed by atoms with Crippen LogP contribution in [-0.2, 0) is 11.3 Å². The van der Waals surface area contributed by atoms with E-state index in [-0.39, 0.29) is 35.9 Å². The number of benzene rings is 2. The molecule has 0 spiro atoms. The minimum absolute atomic E-state index is 0.120. The number of piperidine rings is 1. The first-order valence-electron chi connectivity index (χ1n) is 13.4. The number of imidazole rings is 1. The van der Waals surface area contributed by atoms with Crippen LogP contribution < -0.4 is 5.32 Å². The third-order valence-corrected chi connectivity index (χ3v) is 7.91. The molecule has 40 heavy (non-hydrogen) atoms. The second kappa shape index (κ2) is 11.7. The van der Waals surface area contributed by atoms with Crippen molar-refractivity contribution < 1.29 is 19.5 Å². The summed E-state index contributed by atoms with van der Waals surface area (Å²) >= 11 is 5.99. The Morgan fingerprint density at radius 1 is 1.23 bits per heavy atom. The molecular formula is C30H36ClN5O4. The summed E-state index contributed by atoms with van der Waals surface area (Å²) in [6.07, 6.45) is 1.92. The van der Waals surface area contributed by atoms with Gasteiger partial charge in [0.15, 0.2) is 0 Å². The number of carbonyl (C=O) groups excluding carboxylic acids is 2. The standard InChI is InChI=1S/C30H36ClN5O4/c1-6-26(37)34-15-7-8-23(18-34)36-25-14-9-20(17-35(29(39)40)19(2)30(3,4)5)16-24(25)32-28(36)33-27(38)21-10-12-22(31)13-11-21/h6,9-14,16,19,23H,1,7-8,15,17-18H2,2-5H3,(H,39,40)(H,32,33,38). The molecule has 10 heteroatoms. The first kappa shape index (κ1) is 29.1. The molecule has 0 bridgehead atoms. The van der Waals surface area contributed by atoms with Gasteiger partial charge in [0.05, 0.1) is 17.1 Å². The van der Waals surface area contributed by atoms with Gasteiger partial charge < -0.3 is 19.5 Å². The molecule has 9 nitrogen and oxygen atoms in total. The van der Waals surface area contributed by atoms with E-state index >= 15 is 0 Å². The molecule has 0 saturated carbocycles. The van der Waals surface area contributed by atoms with Gasteiger partial charge in [-0.1, -0.05) is 45.0 Å². The molecule has 3 aromatic rings. The molecule has 3 amide bonds. The van der Waals surface area contributed by atoms with Crippen molar-refractivity contribution in [1.82, 2.24) is 19.4 Å². The smallest absolute Gasteiger partial charge is 0.407 e. The lowest BCUT2D eigenvalue weighted by Gasteiger charge is -2.36. The number of halogens is 1. The number of carbonyl (C=O) groups is 3. The second-order valence-corrected chi connectivity index (χ2v) is 11.8. The minimum atomic E-state index is -0.988. The summed E-state index contributed by atoms with van der Waals surface area (Å²) in [5, 5.41) is 13.4. The van der Waals surface area contributed by atoms with E-state index in [0.717, 1.165) is 23.9 Å². The van der Waals surface area contributed by atoms with E-state index < -0.39 is 6.09 Å². The fourth-order valence-corrected chi connectivity index (χ4v) is 5.13. The molecule has 1 aromatic heterocycles. The normalized spacial score (nSPS) is 16.4. The Labute approximate surface area is 239 Å². The van der Waals surface area contributed by atoms with E-state index in [1.807, 2.05) is 50.5 Å². The van der Waals surface area contributed by atoms with Gasteiger partial charge in [0, 0.05) is 36.3 Å². The van der Waals surface area contributed by atoms with E-state index in [9.17, 15) is 19.5 Å². The molecule has 2 atom stereocenters. The number of nitrogens with zero attached hydrogens (tertiary/aromatic N) is 4. The summed E-state index contributed by atoms with van der Waals surface area (Å²) in [7, 11) is 0. The maximum atomic E-state index is 13.2. The molecule has 212 valence electrons. The SMILES string of the molecule is C=CC(=O)N1CCCC(n2c(NC(=O)c3ccc(Cl)cc3)nc3cc(CN(C(=O)O)C(C)C(C)(C)C)ccc32)C1. The van der Waals surface area contributed by atoms with Crippen LogP contribution in [0.5, 0.6) is 0 Å². The Hall–Kier alpha value is -3.85. The van der Waals surface area contributed by atoms with Gasteiger partial charge >= 0.3 is 6.09 Å². The van der Waals surface area contributed by atoms with Gasteiger partial charge in [-0.3, -0.25) is 14.9 Å². The van der Waals surface area contributed by atoms with Crippen LogP contribution in [-0.4, -0.2) is 61.5 Å². The molecule has 2 unspecified atom stereocenters. The summed E-state index contributed by atoms with van der Waals surface area (Å²) < 4.78 is 1.97. The van der Waals surface area contributed by atoms with Crippen LogP contribution in [0.1, 0.15) is 62.5 Å². The van der Waals surface area contributed by atoms with Gasteiger partial charge in [-0.05, 0) is 73.2 Å². The summed E-state index contributed by atoms with van der Waals surface area (Å²) in [5.74, 6) is -0.104. The maximum Gasteiger partial charge on any atom is 0.407 e. The lowest BCUT2D eigenvalue weighted by atomic mass is 9.87. The van der Waals surface area contributed by atoms with E-state index in [1.165, 1.54) is 11.0 Å². The number of carboxylic acid groups (broad SMARTS) is 1. The van der Waals surface area contributed by atoms with Gasteiger partial charge in [0.1, 0.15) is 0 Å². The Morgan fingerprint density at radius 2 is 1.93 bits per heavy atom. The second-order valence-electron chi connectivity index (χ2n) is 11.3. The van der Waals surface area contributed by atoms with Crippen LogP contribution in [0.4, 0.5) is 10.7 Å². The highest BCUT2D eigenvalue weighted by Crippen LogP contribution is 2.32. The van der Waals surface area contributed by atoms with Crippen LogP contribution in [0.25, 0.3) is 11.0 Å². The lowest BCUT2D eigenvalue weighted by molar-refractivity contribution is -0.127. The zero-order valence-electron chi connectivity index (χ0n) is 23.4. The third kappa shape index (κ3) is 6.31. The predicted octanol–water partition coefficient (Wildman–Crippen LogP) is 6.21. The number of likely N-dealkylation sites (tertiary alicyclic amines) is 1. The van der Waals surface area contributed by atoms with E-state index in [0.29, 0.717) is 35.1 Å². The molecule has 2 aromatic carbocycles. The van der Waals surface area contributed by atoms with Gasteiger partial charge in [-0.2, -0.15) is 0 Å². The van der Waals surface area contributed by atoms with Crippen LogP contribution in [0.2, 0.25) is 5.02 Å². The van der Waals surface area contributed by atoms with Crippen molar-refractivity contribution in [3.05, 3.63) is 71.3 Å². The fraction of sp³-hybridized carbons (Fsp3) is 0.400. The number of hydrogen-bond acceptors (Lipinski definition) is 4. The molecule has 0 aliphatic carbocycles.